The number of carbonyl (C=O) groups excluding carboxylic acids is 1. The van der Waals surface area contributed by atoms with Gasteiger partial charge >= 0.3 is 0 Å². The van der Waals surface area contributed by atoms with Crippen molar-refractivity contribution in [3.8, 4) is 11.4 Å². The number of nitrogens with zero attached hydrogens (tertiary/aromatic N) is 5. The number of aromatic nitrogens is 3. The number of thioether (sulfide) groups is 1. The molecule has 1 amide bonds. The highest BCUT2D eigenvalue weighted by Crippen LogP contribution is 2.35. The molecule has 0 aliphatic heterocycles. The third-order valence-electron chi connectivity index (χ3n) is 5.62. The molecule has 3 aromatic rings. The first-order chi connectivity index (χ1) is 16.9. The number of nitro groups is 1. The molecule has 0 saturated heterocycles. The minimum Gasteiger partial charge on any atom is -0.299 e. The number of hydrogen-bond donors (Lipinski definition) is 1. The fourth-order valence-electron chi connectivity index (χ4n) is 3.92. The van der Waals surface area contributed by atoms with Gasteiger partial charge in [-0.15, -0.1) is 10.2 Å². The molecule has 1 N–H and O–H groups in total. The summed E-state index contributed by atoms with van der Waals surface area (Å²) >= 11 is 13.4. The Bertz CT molecular complexity index is 1240. The zero-order chi connectivity index (χ0) is 24.8. The van der Waals surface area contributed by atoms with Crippen molar-refractivity contribution in [2.75, 3.05) is 5.75 Å². The molecule has 35 heavy (non-hydrogen) atoms. The lowest BCUT2D eigenvalue weighted by Gasteiger charge is -2.25. The molecule has 0 spiro atoms. The number of amides is 1. The Morgan fingerprint density at radius 3 is 2.63 bits per heavy atom. The fourth-order valence-corrected chi connectivity index (χ4v) is 5.01. The molecule has 1 aliphatic carbocycles. The van der Waals surface area contributed by atoms with Crippen molar-refractivity contribution in [2.24, 2.45) is 5.10 Å². The van der Waals surface area contributed by atoms with Crippen molar-refractivity contribution < 1.29 is 9.72 Å². The highest BCUT2D eigenvalue weighted by Gasteiger charge is 2.24. The molecule has 1 aromatic heterocycles. The van der Waals surface area contributed by atoms with E-state index in [4.69, 9.17) is 23.2 Å². The van der Waals surface area contributed by atoms with Crippen LogP contribution < -0.4 is 5.43 Å². The van der Waals surface area contributed by atoms with Crippen molar-refractivity contribution in [3.63, 3.8) is 0 Å². The summed E-state index contributed by atoms with van der Waals surface area (Å²) in [7, 11) is 0. The first-order valence-corrected chi connectivity index (χ1v) is 12.8. The Balaban J connectivity index is 1.45. The quantitative estimate of drug-likeness (QED) is 0.167. The molecule has 0 radical (unpaired) electrons. The predicted octanol–water partition coefficient (Wildman–Crippen LogP) is 5.91. The number of carbonyl (C=O) groups is 1. The summed E-state index contributed by atoms with van der Waals surface area (Å²) in [6.07, 6.45) is 6.84. The molecule has 9 nitrogen and oxygen atoms in total. The maximum atomic E-state index is 12.4. The highest BCUT2D eigenvalue weighted by atomic mass is 35.5. The summed E-state index contributed by atoms with van der Waals surface area (Å²) in [5.41, 5.74) is 3.57. The van der Waals surface area contributed by atoms with Crippen molar-refractivity contribution >= 4 is 52.8 Å². The van der Waals surface area contributed by atoms with Gasteiger partial charge < -0.3 is 0 Å². The lowest BCUT2D eigenvalue weighted by atomic mass is 9.95. The monoisotopic (exact) mass is 532 g/mol. The molecule has 4 rings (SSSR count). The summed E-state index contributed by atoms with van der Waals surface area (Å²) in [6, 6.07) is 11.7. The maximum absolute atomic E-state index is 12.4. The van der Waals surface area contributed by atoms with Crippen LogP contribution in [0.25, 0.3) is 11.4 Å². The van der Waals surface area contributed by atoms with E-state index in [1.165, 1.54) is 42.6 Å². The second-order valence-electron chi connectivity index (χ2n) is 8.02. The van der Waals surface area contributed by atoms with Crippen LogP contribution in [0.4, 0.5) is 5.69 Å². The molecule has 0 unspecified atom stereocenters. The van der Waals surface area contributed by atoms with E-state index >= 15 is 0 Å². The van der Waals surface area contributed by atoms with Gasteiger partial charge in [-0.25, -0.2) is 5.43 Å². The normalized spacial score (nSPS) is 14.3. The van der Waals surface area contributed by atoms with E-state index in [-0.39, 0.29) is 23.4 Å². The molecule has 1 saturated carbocycles. The second kappa shape index (κ2) is 11.7. The van der Waals surface area contributed by atoms with Crippen LogP contribution in [0.3, 0.4) is 0 Å². The first kappa shape index (κ1) is 25.2. The Labute approximate surface area is 216 Å². The van der Waals surface area contributed by atoms with Crippen molar-refractivity contribution in [2.45, 2.75) is 43.3 Å². The molecule has 0 atom stereocenters. The number of benzene rings is 2. The zero-order valence-corrected chi connectivity index (χ0v) is 20.9. The van der Waals surface area contributed by atoms with Crippen LogP contribution in [0.15, 0.2) is 52.7 Å². The SMILES string of the molecule is O=C(CSc1nnc(-c2ccc(Cl)cc2)n1C1CCCCC1)N/N=C/c1cc([N+](=O)[O-])ccc1Cl. The number of rotatable bonds is 8. The topological polar surface area (TPSA) is 115 Å². The zero-order valence-electron chi connectivity index (χ0n) is 18.6. The van der Waals surface area contributed by atoms with E-state index in [9.17, 15) is 14.9 Å². The largest absolute Gasteiger partial charge is 0.299 e. The van der Waals surface area contributed by atoms with Crippen LogP contribution >= 0.6 is 35.0 Å². The molecule has 182 valence electrons. The molecular weight excluding hydrogens is 511 g/mol. The van der Waals surface area contributed by atoms with Gasteiger partial charge in [-0.3, -0.25) is 19.5 Å². The third kappa shape index (κ3) is 6.39. The lowest BCUT2D eigenvalue weighted by Crippen LogP contribution is -2.20. The summed E-state index contributed by atoms with van der Waals surface area (Å²) in [5, 5.41) is 25.2. The Morgan fingerprint density at radius 2 is 1.91 bits per heavy atom. The van der Waals surface area contributed by atoms with E-state index in [0.717, 1.165) is 37.1 Å². The van der Waals surface area contributed by atoms with Crippen molar-refractivity contribution in [1.82, 2.24) is 20.2 Å². The van der Waals surface area contributed by atoms with Gasteiger partial charge in [0.2, 0.25) is 0 Å². The Hall–Kier alpha value is -2.95. The molecule has 1 aliphatic rings. The molecule has 0 bridgehead atoms. The van der Waals surface area contributed by atoms with E-state index in [2.05, 4.69) is 25.3 Å². The van der Waals surface area contributed by atoms with Crippen LogP contribution in [0.1, 0.15) is 43.7 Å². The van der Waals surface area contributed by atoms with Gasteiger partial charge in [-0.2, -0.15) is 5.10 Å². The lowest BCUT2D eigenvalue weighted by molar-refractivity contribution is -0.384. The van der Waals surface area contributed by atoms with E-state index < -0.39 is 4.92 Å². The van der Waals surface area contributed by atoms with Crippen LogP contribution in [0.5, 0.6) is 0 Å². The minimum atomic E-state index is -0.524. The number of nitro benzene ring substituents is 1. The summed E-state index contributed by atoms with van der Waals surface area (Å²) in [6.45, 7) is 0. The molecule has 12 heteroatoms. The summed E-state index contributed by atoms with van der Waals surface area (Å²) in [4.78, 5) is 22.8. The fraction of sp³-hybridized carbons (Fsp3) is 0.304. The van der Waals surface area contributed by atoms with Crippen LogP contribution in [0, 0.1) is 10.1 Å². The van der Waals surface area contributed by atoms with E-state index in [1.54, 1.807) is 0 Å². The molecule has 2 aromatic carbocycles. The van der Waals surface area contributed by atoms with Gasteiger partial charge in [-0.1, -0.05) is 54.2 Å². The highest BCUT2D eigenvalue weighted by molar-refractivity contribution is 7.99. The molecule has 1 fully saturated rings. The van der Waals surface area contributed by atoms with Crippen LogP contribution in [-0.2, 0) is 4.79 Å². The Morgan fingerprint density at radius 1 is 1.17 bits per heavy atom. The van der Waals surface area contributed by atoms with Crippen LogP contribution in [-0.4, -0.2) is 37.6 Å². The number of hydrogen-bond acceptors (Lipinski definition) is 7. The van der Waals surface area contributed by atoms with Crippen molar-refractivity contribution in [3.05, 3.63) is 68.2 Å². The predicted molar refractivity (Wildman–Crippen MR) is 137 cm³/mol. The second-order valence-corrected chi connectivity index (χ2v) is 9.81. The minimum absolute atomic E-state index is 0.0749. The van der Waals surface area contributed by atoms with Crippen molar-refractivity contribution in [1.29, 1.82) is 0 Å². The van der Waals surface area contributed by atoms with Gasteiger partial charge in [0, 0.05) is 39.3 Å². The van der Waals surface area contributed by atoms with E-state index in [1.807, 2.05) is 24.3 Å². The average Bonchev–Trinajstić information content (AvgIpc) is 3.28. The van der Waals surface area contributed by atoms with Gasteiger partial charge in [0.15, 0.2) is 11.0 Å². The number of non-ortho nitro benzene ring substituents is 1. The smallest absolute Gasteiger partial charge is 0.270 e. The summed E-state index contributed by atoms with van der Waals surface area (Å²) < 4.78 is 2.13. The van der Waals surface area contributed by atoms with Gasteiger partial charge in [-0.05, 0) is 43.2 Å². The number of nitrogens with one attached hydrogen (secondary N) is 1. The van der Waals surface area contributed by atoms with Gasteiger partial charge in [0.05, 0.1) is 16.9 Å². The van der Waals surface area contributed by atoms with E-state index in [0.29, 0.717) is 20.8 Å². The molecular formula is C23H22Cl2N6O3S. The maximum Gasteiger partial charge on any atom is 0.270 e. The summed E-state index contributed by atoms with van der Waals surface area (Å²) in [5.74, 6) is 0.486. The first-order valence-electron chi connectivity index (χ1n) is 11.0. The third-order valence-corrected chi connectivity index (χ3v) is 7.16. The molecule has 1 heterocycles. The Kier molecular flexibility index (Phi) is 8.37. The standard InChI is InChI=1S/C23H22Cl2N6O3S/c24-17-8-6-15(7-9-17)22-28-29-23(30(22)18-4-2-1-3-5-18)35-14-21(32)27-26-13-16-12-19(31(33)34)10-11-20(16)25/h6-13,18H,1-5,14H2,(H,27,32)/b26-13+. The van der Waals surface area contributed by atoms with Crippen LogP contribution in [0.2, 0.25) is 10.0 Å². The number of hydrazone groups is 1. The van der Waals surface area contributed by atoms with Gasteiger partial charge in [0.1, 0.15) is 0 Å². The average molecular weight is 533 g/mol. The number of halogens is 2. The van der Waals surface area contributed by atoms with Gasteiger partial charge in [0.25, 0.3) is 11.6 Å².